The summed E-state index contributed by atoms with van der Waals surface area (Å²) in [5.74, 6) is 0.919. The van der Waals surface area contributed by atoms with Crippen molar-refractivity contribution in [3.05, 3.63) is 24.3 Å². The van der Waals surface area contributed by atoms with Gasteiger partial charge in [0.15, 0.2) is 5.16 Å². The molecule has 2 heterocycles. The first-order valence-electron chi connectivity index (χ1n) is 6.26. The van der Waals surface area contributed by atoms with Crippen molar-refractivity contribution in [2.45, 2.75) is 5.16 Å². The number of carbonyl (C=O) groups excluding carboxylic acids is 1. The number of nitrogens with zero attached hydrogens (tertiary/aromatic N) is 2. The van der Waals surface area contributed by atoms with Gasteiger partial charge in [-0.2, -0.15) is 0 Å². The van der Waals surface area contributed by atoms with Crippen molar-refractivity contribution >= 4 is 41.1 Å². The Morgan fingerprint density at radius 1 is 1.40 bits per heavy atom. The van der Waals surface area contributed by atoms with Crippen LogP contribution in [0.5, 0.6) is 0 Å². The van der Waals surface area contributed by atoms with Crippen molar-refractivity contribution in [2.75, 3.05) is 32.1 Å². The molecule has 7 heteroatoms. The zero-order valence-corrected chi connectivity index (χ0v) is 12.5. The van der Waals surface area contributed by atoms with Crippen molar-refractivity contribution in [1.29, 1.82) is 0 Å². The van der Waals surface area contributed by atoms with Gasteiger partial charge in [-0.15, -0.1) is 12.4 Å². The molecular weight excluding hydrogens is 298 g/mol. The van der Waals surface area contributed by atoms with Crippen LogP contribution in [0.1, 0.15) is 0 Å². The molecule has 1 fully saturated rings. The van der Waals surface area contributed by atoms with Crippen molar-refractivity contribution in [3.8, 4) is 0 Å². The molecule has 20 heavy (non-hydrogen) atoms. The van der Waals surface area contributed by atoms with Gasteiger partial charge in [0.2, 0.25) is 5.91 Å². The molecule has 1 aromatic heterocycles. The maximum absolute atomic E-state index is 11.5. The van der Waals surface area contributed by atoms with Crippen molar-refractivity contribution in [1.82, 2.24) is 14.9 Å². The fourth-order valence-electron chi connectivity index (χ4n) is 2.04. The molecule has 0 aliphatic carbocycles. The summed E-state index contributed by atoms with van der Waals surface area (Å²) in [6, 6.07) is 7.96. The Kier molecular flexibility index (Phi) is 5.28. The molecule has 0 atom stereocenters. The summed E-state index contributed by atoms with van der Waals surface area (Å²) in [5.41, 5.74) is 2.03. The number of halogens is 1. The third kappa shape index (κ3) is 3.45. The van der Waals surface area contributed by atoms with Gasteiger partial charge in [-0.25, -0.2) is 4.98 Å². The number of hydrogen-bond acceptors (Lipinski definition) is 4. The molecule has 0 radical (unpaired) electrons. The van der Waals surface area contributed by atoms with Crippen LogP contribution in [-0.4, -0.2) is 52.8 Å². The standard InChI is InChI=1S/C13H15N3O2S.ClH/c17-12-9-18-7-5-16(12)6-8-19-13-14-10-3-1-2-4-11(10)15-13;/h1-4H,5-9H2,(H,14,15);1H. The molecule has 108 valence electrons. The van der Waals surface area contributed by atoms with Gasteiger partial charge >= 0.3 is 0 Å². The Morgan fingerprint density at radius 3 is 3.05 bits per heavy atom. The Labute approximate surface area is 127 Å². The number of amides is 1. The van der Waals surface area contributed by atoms with Crippen LogP contribution in [0.3, 0.4) is 0 Å². The van der Waals surface area contributed by atoms with Crippen molar-refractivity contribution in [3.63, 3.8) is 0 Å². The summed E-state index contributed by atoms with van der Waals surface area (Å²) < 4.78 is 5.10. The highest BCUT2D eigenvalue weighted by molar-refractivity contribution is 7.99. The lowest BCUT2D eigenvalue weighted by Crippen LogP contribution is -2.42. The van der Waals surface area contributed by atoms with E-state index in [0.717, 1.165) is 28.5 Å². The summed E-state index contributed by atoms with van der Waals surface area (Å²) in [6.07, 6.45) is 0. The molecule has 1 aliphatic heterocycles. The second-order valence-corrected chi connectivity index (χ2v) is 5.42. The largest absolute Gasteiger partial charge is 0.370 e. The smallest absolute Gasteiger partial charge is 0.248 e. The predicted molar refractivity (Wildman–Crippen MR) is 81.5 cm³/mol. The number of morpholine rings is 1. The first kappa shape index (κ1) is 15.2. The molecule has 0 bridgehead atoms. The van der Waals surface area contributed by atoms with E-state index in [1.54, 1.807) is 11.8 Å². The Balaban J connectivity index is 0.00000147. The van der Waals surface area contributed by atoms with Gasteiger partial charge in [-0.3, -0.25) is 4.79 Å². The number of fused-ring (bicyclic) bond motifs is 1. The van der Waals surface area contributed by atoms with E-state index in [1.807, 2.05) is 29.2 Å². The number of aromatic nitrogens is 2. The Hall–Kier alpha value is -1.24. The van der Waals surface area contributed by atoms with Crippen LogP contribution in [-0.2, 0) is 9.53 Å². The highest BCUT2D eigenvalue weighted by Gasteiger charge is 2.17. The van der Waals surface area contributed by atoms with E-state index in [-0.39, 0.29) is 24.9 Å². The van der Waals surface area contributed by atoms with Gasteiger partial charge in [-0.05, 0) is 12.1 Å². The van der Waals surface area contributed by atoms with Gasteiger partial charge in [0, 0.05) is 18.8 Å². The van der Waals surface area contributed by atoms with Gasteiger partial charge in [-0.1, -0.05) is 23.9 Å². The third-order valence-electron chi connectivity index (χ3n) is 3.05. The lowest BCUT2D eigenvalue weighted by Gasteiger charge is -2.26. The molecule has 2 aromatic rings. The molecule has 1 aromatic carbocycles. The van der Waals surface area contributed by atoms with E-state index in [4.69, 9.17) is 4.74 Å². The average molecular weight is 314 g/mol. The topological polar surface area (TPSA) is 58.2 Å². The Bertz CT molecular complexity index is 557. The van der Waals surface area contributed by atoms with Crippen LogP contribution in [0.25, 0.3) is 11.0 Å². The van der Waals surface area contributed by atoms with Crippen LogP contribution < -0.4 is 0 Å². The van der Waals surface area contributed by atoms with E-state index in [0.29, 0.717) is 13.2 Å². The lowest BCUT2D eigenvalue weighted by molar-refractivity contribution is -0.142. The molecule has 1 N–H and O–H groups in total. The van der Waals surface area contributed by atoms with Crippen molar-refractivity contribution in [2.24, 2.45) is 0 Å². The minimum atomic E-state index is 0. The zero-order chi connectivity index (χ0) is 13.1. The molecule has 1 amide bonds. The van der Waals surface area contributed by atoms with Gasteiger partial charge in [0.05, 0.1) is 17.6 Å². The van der Waals surface area contributed by atoms with E-state index in [2.05, 4.69) is 9.97 Å². The molecule has 1 aliphatic rings. The van der Waals surface area contributed by atoms with E-state index >= 15 is 0 Å². The normalized spacial score (nSPS) is 15.4. The monoisotopic (exact) mass is 313 g/mol. The van der Waals surface area contributed by atoms with Crippen LogP contribution in [0.2, 0.25) is 0 Å². The summed E-state index contributed by atoms with van der Waals surface area (Å²) in [7, 11) is 0. The molecule has 0 spiro atoms. The van der Waals surface area contributed by atoms with E-state index in [1.165, 1.54) is 0 Å². The first-order valence-corrected chi connectivity index (χ1v) is 7.24. The van der Waals surface area contributed by atoms with Crippen LogP contribution in [0.15, 0.2) is 29.4 Å². The molecule has 5 nitrogen and oxygen atoms in total. The number of hydrogen-bond donors (Lipinski definition) is 1. The molecule has 0 saturated carbocycles. The van der Waals surface area contributed by atoms with Gasteiger partial charge < -0.3 is 14.6 Å². The summed E-state index contributed by atoms with van der Waals surface area (Å²) in [4.78, 5) is 21.2. The number of thioether (sulfide) groups is 1. The van der Waals surface area contributed by atoms with Crippen LogP contribution in [0.4, 0.5) is 0 Å². The average Bonchev–Trinajstić information content (AvgIpc) is 2.83. The predicted octanol–water partition coefficient (Wildman–Crippen LogP) is 1.94. The number of nitrogens with one attached hydrogen (secondary N) is 1. The number of para-hydroxylation sites is 2. The Morgan fingerprint density at radius 2 is 2.25 bits per heavy atom. The van der Waals surface area contributed by atoms with Crippen LogP contribution >= 0.6 is 24.2 Å². The van der Waals surface area contributed by atoms with Crippen molar-refractivity contribution < 1.29 is 9.53 Å². The summed E-state index contributed by atoms with van der Waals surface area (Å²) in [5, 5.41) is 0.905. The van der Waals surface area contributed by atoms with E-state index < -0.39 is 0 Å². The quantitative estimate of drug-likeness (QED) is 0.876. The summed E-state index contributed by atoms with van der Waals surface area (Å²) in [6.45, 7) is 2.29. The number of imidazole rings is 1. The van der Waals surface area contributed by atoms with Gasteiger partial charge in [0.25, 0.3) is 0 Å². The number of rotatable bonds is 4. The second-order valence-electron chi connectivity index (χ2n) is 4.34. The lowest BCUT2D eigenvalue weighted by atomic mass is 10.3. The zero-order valence-electron chi connectivity index (χ0n) is 10.9. The molecule has 3 rings (SSSR count). The highest BCUT2D eigenvalue weighted by Crippen LogP contribution is 2.19. The second kappa shape index (κ2) is 6.97. The molecular formula is C13H16ClN3O2S. The number of aromatic amines is 1. The first-order chi connectivity index (χ1) is 9.33. The number of benzene rings is 1. The van der Waals surface area contributed by atoms with Gasteiger partial charge in [0.1, 0.15) is 6.61 Å². The summed E-state index contributed by atoms with van der Waals surface area (Å²) >= 11 is 1.64. The van der Waals surface area contributed by atoms with Crippen LogP contribution in [0, 0.1) is 0 Å². The molecule has 1 saturated heterocycles. The minimum Gasteiger partial charge on any atom is -0.370 e. The minimum absolute atomic E-state index is 0. The number of ether oxygens (including phenoxy) is 1. The fourth-order valence-corrected chi connectivity index (χ4v) is 2.89. The van der Waals surface area contributed by atoms with E-state index in [9.17, 15) is 4.79 Å². The maximum Gasteiger partial charge on any atom is 0.248 e. The molecule has 0 unspecified atom stereocenters. The third-order valence-corrected chi connectivity index (χ3v) is 3.90. The number of carbonyl (C=O) groups is 1. The fraction of sp³-hybridized carbons (Fsp3) is 0.385. The maximum atomic E-state index is 11.5. The number of H-pyrrole nitrogens is 1. The highest BCUT2D eigenvalue weighted by atomic mass is 35.5. The SMILES string of the molecule is Cl.O=C1COCCN1CCSc1nc2ccccc2[nH]1.